The van der Waals surface area contributed by atoms with Crippen LogP contribution in [-0.4, -0.2) is 56.4 Å². The van der Waals surface area contributed by atoms with Crippen LogP contribution in [0.5, 0.6) is 5.75 Å². The van der Waals surface area contributed by atoms with Crippen LogP contribution in [0.25, 0.3) is 0 Å². The fourth-order valence-corrected chi connectivity index (χ4v) is 8.66. The van der Waals surface area contributed by atoms with Crippen LogP contribution in [0, 0.1) is 0 Å². The van der Waals surface area contributed by atoms with Gasteiger partial charge in [-0.05, 0) is 50.3 Å². The Balaban J connectivity index is 1.68. The minimum atomic E-state index is -6.39. The van der Waals surface area contributed by atoms with Gasteiger partial charge in [-0.15, -0.1) is 0 Å². The maximum absolute atomic E-state index is 15.8. The molecule has 1 amide bonds. The molecule has 5 rings (SSSR count). The molecule has 0 aromatic heterocycles. The highest BCUT2D eigenvalue weighted by Crippen LogP contribution is 2.57. The van der Waals surface area contributed by atoms with Gasteiger partial charge < -0.3 is 9.64 Å². The molecule has 2 aliphatic heterocycles. The maximum atomic E-state index is 15.8. The average molecular weight is 612 g/mol. The van der Waals surface area contributed by atoms with E-state index >= 15 is 4.39 Å². The first-order chi connectivity index (χ1) is 19.0. The lowest BCUT2D eigenvalue weighted by Gasteiger charge is -2.43. The summed E-state index contributed by atoms with van der Waals surface area (Å²) in [4.78, 5) is 14.3. The molecule has 1 aliphatic carbocycles. The molecule has 2 aromatic carbocycles. The van der Waals surface area contributed by atoms with Crippen molar-refractivity contribution >= 4 is 15.7 Å². The zero-order valence-corrected chi connectivity index (χ0v) is 22.2. The summed E-state index contributed by atoms with van der Waals surface area (Å²) >= 11 is 0. The average Bonchev–Trinajstić information content (AvgIpc) is 3.33. The van der Waals surface area contributed by atoms with E-state index < -0.39 is 68.1 Å². The summed E-state index contributed by atoms with van der Waals surface area (Å²) in [7, 11) is -4.53. The van der Waals surface area contributed by atoms with E-state index in [0.29, 0.717) is 18.9 Å². The van der Waals surface area contributed by atoms with Crippen molar-refractivity contribution < 1.29 is 53.1 Å². The molecule has 0 radical (unpaired) electrons. The number of hydrogen-bond donors (Lipinski definition) is 0. The zero-order chi connectivity index (χ0) is 30.1. The molecule has 224 valence electrons. The van der Waals surface area contributed by atoms with Crippen molar-refractivity contribution in [2.75, 3.05) is 13.2 Å². The van der Waals surface area contributed by atoms with E-state index in [1.807, 2.05) is 0 Å². The predicted octanol–water partition coefficient (Wildman–Crippen LogP) is 6.31. The van der Waals surface area contributed by atoms with Gasteiger partial charge in [-0.2, -0.15) is 26.3 Å². The Labute approximate surface area is 230 Å². The zero-order valence-electron chi connectivity index (χ0n) is 21.4. The summed E-state index contributed by atoms with van der Waals surface area (Å²) in [5.74, 6) is -1.64. The molecule has 5 nitrogen and oxygen atoms in total. The van der Waals surface area contributed by atoms with Gasteiger partial charge in [0.2, 0.25) is 0 Å². The predicted molar refractivity (Wildman–Crippen MR) is 129 cm³/mol. The molecule has 0 spiro atoms. The van der Waals surface area contributed by atoms with Crippen molar-refractivity contribution in [3.63, 3.8) is 0 Å². The van der Waals surface area contributed by atoms with E-state index in [4.69, 9.17) is 4.74 Å². The molecule has 0 bridgehead atoms. The molecule has 0 N–H and O–H groups in total. The van der Waals surface area contributed by atoms with Gasteiger partial charge in [0.25, 0.3) is 5.91 Å². The highest BCUT2D eigenvalue weighted by molar-refractivity contribution is 7.92. The van der Waals surface area contributed by atoms with Crippen molar-refractivity contribution in [1.82, 2.24) is 4.90 Å². The van der Waals surface area contributed by atoms with Crippen LogP contribution in [0.2, 0.25) is 0 Å². The summed E-state index contributed by atoms with van der Waals surface area (Å²) < 4.78 is 143. The van der Waals surface area contributed by atoms with Gasteiger partial charge in [0.15, 0.2) is 15.5 Å². The Morgan fingerprint density at radius 3 is 2.07 bits per heavy atom. The van der Waals surface area contributed by atoms with Crippen LogP contribution in [0.15, 0.2) is 53.4 Å². The lowest BCUT2D eigenvalue weighted by atomic mass is 9.83. The smallest absolute Gasteiger partial charge is 0.435 e. The van der Waals surface area contributed by atoms with E-state index in [1.54, 1.807) is 0 Å². The number of alkyl halides is 8. The van der Waals surface area contributed by atoms with Gasteiger partial charge in [-0.3, -0.25) is 4.79 Å². The minimum Gasteiger partial charge on any atom is -0.491 e. The number of amides is 1. The van der Waals surface area contributed by atoms with Crippen molar-refractivity contribution in [2.45, 2.75) is 77.9 Å². The third-order valence-electron chi connectivity index (χ3n) is 8.48. The molecule has 1 saturated carbocycles. The maximum Gasteiger partial charge on any atom is 0.435 e. The normalized spacial score (nSPS) is 24.8. The number of sulfone groups is 1. The minimum absolute atomic E-state index is 0.0677. The molecular weight excluding hydrogens is 586 g/mol. The van der Waals surface area contributed by atoms with Gasteiger partial charge in [-0.1, -0.05) is 36.8 Å². The molecule has 41 heavy (non-hydrogen) atoms. The second kappa shape index (κ2) is 9.56. The second-order valence-corrected chi connectivity index (χ2v) is 12.9. The van der Waals surface area contributed by atoms with E-state index in [2.05, 4.69) is 0 Å². The third kappa shape index (κ3) is 4.22. The number of halogens is 8. The fourth-order valence-electron chi connectivity index (χ4n) is 6.36. The second-order valence-electron chi connectivity index (χ2n) is 10.7. The first-order valence-electron chi connectivity index (χ1n) is 12.9. The highest BCUT2D eigenvalue weighted by Gasteiger charge is 2.74. The highest BCUT2D eigenvalue weighted by atomic mass is 32.2. The first-order valence-corrected chi connectivity index (χ1v) is 14.4. The third-order valence-corrected chi connectivity index (χ3v) is 11.0. The van der Waals surface area contributed by atoms with Crippen LogP contribution in [-0.2, 0) is 25.0 Å². The summed E-state index contributed by atoms with van der Waals surface area (Å²) in [5.41, 5.74) is -10.2. The lowest BCUT2D eigenvalue weighted by molar-refractivity contribution is -0.348. The Kier molecular flexibility index (Phi) is 6.90. The van der Waals surface area contributed by atoms with E-state index in [9.17, 15) is 43.9 Å². The number of rotatable bonds is 4. The first kappa shape index (κ1) is 29.6. The van der Waals surface area contributed by atoms with Gasteiger partial charge >= 0.3 is 18.0 Å². The summed E-state index contributed by atoms with van der Waals surface area (Å²) in [6, 6.07) is 6.64. The number of carbonyl (C=O) groups is 1. The molecule has 3 aliphatic rings. The SMILES string of the molecule is O=C(N1CCC2(S(=O)(=O)c3ccccc3)c3ccc(C(F)(C(F)(F)F)C(F)(F)F)cc3OCC12)C1(F)CCCCC1. The summed E-state index contributed by atoms with van der Waals surface area (Å²) in [6.07, 6.45) is -11.7. The van der Waals surface area contributed by atoms with Crippen molar-refractivity contribution in [1.29, 1.82) is 0 Å². The Hall–Kier alpha value is -2.90. The van der Waals surface area contributed by atoms with Crippen molar-refractivity contribution in [2.24, 2.45) is 0 Å². The van der Waals surface area contributed by atoms with Crippen LogP contribution in [0.3, 0.4) is 0 Å². The molecule has 1 saturated heterocycles. The number of likely N-dealkylation sites (tertiary alicyclic amines) is 1. The summed E-state index contributed by atoms with van der Waals surface area (Å²) in [6.45, 7) is -0.939. The summed E-state index contributed by atoms with van der Waals surface area (Å²) in [5, 5.41) is 0. The largest absolute Gasteiger partial charge is 0.491 e. The standard InChI is InChI=1S/C27H25F8NO4S/c28-23(11-5-2-6-12-23)22(37)36-14-13-24(41(38,39)18-7-3-1-4-8-18)19-10-9-17(15-20(19)40-16-21(24)36)25(29,26(30,31)32)27(33,34)35/h1,3-4,7-10,15,21H,2,5-6,11-14,16H2. The van der Waals surface area contributed by atoms with Gasteiger partial charge in [0.1, 0.15) is 17.1 Å². The van der Waals surface area contributed by atoms with E-state index in [1.165, 1.54) is 30.3 Å². The number of fused-ring (bicyclic) bond motifs is 3. The van der Waals surface area contributed by atoms with Gasteiger partial charge in [0, 0.05) is 17.7 Å². The number of nitrogens with zero attached hydrogens (tertiary/aromatic N) is 1. The van der Waals surface area contributed by atoms with Crippen LogP contribution in [0.4, 0.5) is 35.1 Å². The van der Waals surface area contributed by atoms with E-state index in [-0.39, 0.29) is 48.4 Å². The molecule has 2 heterocycles. The van der Waals surface area contributed by atoms with Crippen molar-refractivity contribution in [3.8, 4) is 5.75 Å². The molecule has 14 heteroatoms. The molecular formula is C27H25F8NO4S. The van der Waals surface area contributed by atoms with Crippen molar-refractivity contribution in [3.05, 3.63) is 59.7 Å². The number of benzene rings is 2. The van der Waals surface area contributed by atoms with E-state index in [0.717, 1.165) is 11.3 Å². The van der Waals surface area contributed by atoms with Gasteiger partial charge in [-0.25, -0.2) is 17.2 Å². The number of carbonyl (C=O) groups excluding carboxylic acids is 1. The Morgan fingerprint density at radius 2 is 1.49 bits per heavy atom. The quantitative estimate of drug-likeness (QED) is 0.381. The molecule has 2 atom stereocenters. The van der Waals surface area contributed by atoms with Crippen LogP contribution in [0.1, 0.15) is 49.7 Å². The Bertz CT molecular complexity index is 1420. The van der Waals surface area contributed by atoms with Gasteiger partial charge in [0.05, 0.1) is 10.9 Å². The van der Waals surface area contributed by atoms with Crippen LogP contribution < -0.4 is 4.74 Å². The Morgan fingerprint density at radius 1 is 0.878 bits per heavy atom. The van der Waals surface area contributed by atoms with Crippen LogP contribution >= 0.6 is 0 Å². The number of ether oxygens (including phenoxy) is 1. The molecule has 2 aromatic rings. The monoisotopic (exact) mass is 611 g/mol. The molecule has 2 fully saturated rings. The fraction of sp³-hybridized carbons (Fsp3) is 0.519. The molecule has 2 unspecified atom stereocenters. The number of hydrogen-bond acceptors (Lipinski definition) is 4. The lowest BCUT2D eigenvalue weighted by Crippen LogP contribution is -2.58. The topological polar surface area (TPSA) is 63.7 Å².